The molecule has 2 aliphatic rings. The van der Waals surface area contributed by atoms with E-state index in [1.807, 2.05) is 12.1 Å². The number of nitrogens with one attached hydrogen (secondary N) is 1. The molecule has 2 heterocycles. The van der Waals surface area contributed by atoms with Gasteiger partial charge in [0.25, 0.3) is 0 Å². The first-order valence-electron chi connectivity index (χ1n) is 9.87. The fourth-order valence-electron chi connectivity index (χ4n) is 4.14. The topological polar surface area (TPSA) is 79.4 Å². The Morgan fingerprint density at radius 3 is 2.61 bits per heavy atom. The van der Waals surface area contributed by atoms with Gasteiger partial charge in [-0.3, -0.25) is 9.78 Å². The Morgan fingerprint density at radius 2 is 1.86 bits per heavy atom. The molecule has 148 valence electrons. The van der Waals surface area contributed by atoms with Crippen LogP contribution in [0.5, 0.6) is 0 Å². The number of pyridine rings is 1. The van der Waals surface area contributed by atoms with E-state index < -0.39 is 10.0 Å². The molecule has 1 aliphatic carbocycles. The van der Waals surface area contributed by atoms with Gasteiger partial charge in [-0.05, 0) is 67.9 Å². The van der Waals surface area contributed by atoms with E-state index in [2.05, 4.69) is 16.4 Å². The van der Waals surface area contributed by atoms with Crippen molar-refractivity contribution in [2.45, 2.75) is 43.4 Å². The molecule has 1 N–H and O–H groups in total. The predicted molar refractivity (Wildman–Crippen MR) is 107 cm³/mol. The van der Waals surface area contributed by atoms with Gasteiger partial charge in [-0.1, -0.05) is 12.1 Å². The summed E-state index contributed by atoms with van der Waals surface area (Å²) in [4.78, 5) is 16.9. The van der Waals surface area contributed by atoms with Gasteiger partial charge in [0.15, 0.2) is 0 Å². The summed E-state index contributed by atoms with van der Waals surface area (Å²) in [6, 6.07) is 9.30. The maximum atomic E-state index is 12.8. The Bertz CT molecular complexity index is 952. The Morgan fingerprint density at radius 1 is 1.07 bits per heavy atom. The van der Waals surface area contributed by atoms with Crippen LogP contribution < -0.4 is 5.32 Å². The van der Waals surface area contributed by atoms with E-state index in [0.717, 1.165) is 24.9 Å². The molecule has 0 atom stereocenters. The van der Waals surface area contributed by atoms with E-state index in [-0.39, 0.29) is 16.7 Å². The first-order valence-corrected chi connectivity index (χ1v) is 11.3. The second kappa shape index (κ2) is 8.01. The maximum absolute atomic E-state index is 12.8. The van der Waals surface area contributed by atoms with Crippen molar-refractivity contribution >= 4 is 21.6 Å². The number of carbonyl (C=O) groups excluding carboxylic acids is 1. The van der Waals surface area contributed by atoms with E-state index in [1.165, 1.54) is 28.0 Å². The zero-order chi connectivity index (χ0) is 19.6. The van der Waals surface area contributed by atoms with Crippen LogP contribution in [0.4, 0.5) is 5.69 Å². The fraction of sp³-hybridized carbons (Fsp3) is 0.429. The van der Waals surface area contributed by atoms with Crippen molar-refractivity contribution in [3.05, 3.63) is 53.9 Å². The molecule has 28 heavy (non-hydrogen) atoms. The molecule has 1 amide bonds. The molecule has 1 aromatic heterocycles. The van der Waals surface area contributed by atoms with Gasteiger partial charge in [-0.15, -0.1) is 0 Å². The van der Waals surface area contributed by atoms with Gasteiger partial charge in [0, 0.05) is 37.1 Å². The molecule has 1 fully saturated rings. The Kier molecular flexibility index (Phi) is 5.46. The maximum Gasteiger partial charge on any atom is 0.244 e. The first kappa shape index (κ1) is 19.1. The summed E-state index contributed by atoms with van der Waals surface area (Å²) in [6.45, 7) is 0.699. The molecule has 0 saturated carbocycles. The molecule has 2 aromatic rings. The van der Waals surface area contributed by atoms with Crippen molar-refractivity contribution in [1.29, 1.82) is 0 Å². The van der Waals surface area contributed by atoms with Crippen molar-refractivity contribution < 1.29 is 13.2 Å². The summed E-state index contributed by atoms with van der Waals surface area (Å²) in [5.74, 6) is -0.169. The predicted octanol–water partition coefficient (Wildman–Crippen LogP) is 3.00. The van der Waals surface area contributed by atoms with E-state index in [4.69, 9.17) is 0 Å². The third-order valence-electron chi connectivity index (χ3n) is 5.75. The Balaban J connectivity index is 1.40. The van der Waals surface area contributed by atoms with Crippen LogP contribution in [-0.4, -0.2) is 36.7 Å². The van der Waals surface area contributed by atoms with Gasteiger partial charge in [0.2, 0.25) is 15.9 Å². The Labute approximate surface area is 166 Å². The van der Waals surface area contributed by atoms with E-state index >= 15 is 0 Å². The molecule has 1 aromatic carbocycles. The van der Waals surface area contributed by atoms with Crippen molar-refractivity contribution in [2.24, 2.45) is 5.92 Å². The number of sulfonamides is 1. The number of carbonyl (C=O) groups is 1. The van der Waals surface area contributed by atoms with E-state index in [1.54, 1.807) is 18.3 Å². The highest BCUT2D eigenvalue weighted by Gasteiger charge is 2.32. The summed E-state index contributed by atoms with van der Waals surface area (Å²) in [6.07, 6.45) is 8.42. The molecular formula is C21H25N3O3S. The van der Waals surface area contributed by atoms with Crippen LogP contribution in [0.15, 0.2) is 47.6 Å². The molecule has 7 heteroatoms. The normalized spacial score (nSPS) is 18.4. The second-order valence-electron chi connectivity index (χ2n) is 7.51. The van der Waals surface area contributed by atoms with E-state index in [9.17, 15) is 13.2 Å². The van der Waals surface area contributed by atoms with Gasteiger partial charge < -0.3 is 5.32 Å². The van der Waals surface area contributed by atoms with Gasteiger partial charge in [0.05, 0.1) is 0 Å². The molecular weight excluding hydrogens is 374 g/mol. The molecule has 1 saturated heterocycles. The highest BCUT2D eigenvalue weighted by molar-refractivity contribution is 7.89. The van der Waals surface area contributed by atoms with Gasteiger partial charge >= 0.3 is 0 Å². The van der Waals surface area contributed by atoms with Crippen LogP contribution in [0.1, 0.15) is 36.8 Å². The van der Waals surface area contributed by atoms with Crippen molar-refractivity contribution in [1.82, 2.24) is 9.29 Å². The first-order chi connectivity index (χ1) is 13.6. The SMILES string of the molecule is O=C(Nc1cccc2c1CCCC2)C1CCN(S(=O)(=O)c2cccnc2)CC1. The summed E-state index contributed by atoms with van der Waals surface area (Å²) < 4.78 is 26.9. The Hall–Kier alpha value is -2.25. The molecule has 0 spiro atoms. The van der Waals surface area contributed by atoms with Crippen LogP contribution in [0.3, 0.4) is 0 Å². The summed E-state index contributed by atoms with van der Waals surface area (Å²) in [5.41, 5.74) is 3.52. The number of rotatable bonds is 4. The number of anilines is 1. The summed E-state index contributed by atoms with van der Waals surface area (Å²) in [7, 11) is -3.54. The zero-order valence-corrected chi connectivity index (χ0v) is 16.6. The second-order valence-corrected chi connectivity index (χ2v) is 9.44. The molecule has 1 aliphatic heterocycles. The number of aryl methyl sites for hydroxylation is 1. The lowest BCUT2D eigenvalue weighted by molar-refractivity contribution is -0.120. The van der Waals surface area contributed by atoms with Gasteiger partial charge in [0.1, 0.15) is 4.90 Å². The van der Waals surface area contributed by atoms with Crippen LogP contribution in [0.25, 0.3) is 0 Å². The lowest BCUT2D eigenvalue weighted by atomic mass is 9.90. The van der Waals surface area contributed by atoms with Crippen LogP contribution in [-0.2, 0) is 27.7 Å². The highest BCUT2D eigenvalue weighted by atomic mass is 32.2. The van der Waals surface area contributed by atoms with E-state index in [0.29, 0.717) is 25.9 Å². The number of aromatic nitrogens is 1. The minimum Gasteiger partial charge on any atom is -0.326 e. The van der Waals surface area contributed by atoms with Gasteiger partial charge in [-0.25, -0.2) is 8.42 Å². The largest absolute Gasteiger partial charge is 0.326 e. The van der Waals surface area contributed by atoms with Crippen molar-refractivity contribution in [3.63, 3.8) is 0 Å². The van der Waals surface area contributed by atoms with Crippen molar-refractivity contribution in [3.8, 4) is 0 Å². The number of piperidine rings is 1. The highest BCUT2D eigenvalue weighted by Crippen LogP contribution is 2.29. The lowest BCUT2D eigenvalue weighted by Gasteiger charge is -2.30. The number of hydrogen-bond acceptors (Lipinski definition) is 4. The smallest absolute Gasteiger partial charge is 0.244 e. The average molecular weight is 400 g/mol. The third-order valence-corrected chi connectivity index (χ3v) is 7.63. The minimum atomic E-state index is -3.54. The van der Waals surface area contributed by atoms with Crippen LogP contribution in [0, 0.1) is 5.92 Å². The number of benzene rings is 1. The average Bonchev–Trinajstić information content (AvgIpc) is 2.75. The third kappa shape index (κ3) is 3.82. The molecule has 0 bridgehead atoms. The minimum absolute atomic E-state index is 0.00241. The molecule has 0 radical (unpaired) electrons. The molecule has 6 nitrogen and oxygen atoms in total. The van der Waals surface area contributed by atoms with Gasteiger partial charge in [-0.2, -0.15) is 4.31 Å². The molecule has 0 unspecified atom stereocenters. The monoisotopic (exact) mass is 399 g/mol. The quantitative estimate of drug-likeness (QED) is 0.857. The summed E-state index contributed by atoms with van der Waals surface area (Å²) >= 11 is 0. The standard InChI is InChI=1S/C21H25N3O3S/c25-21(23-20-9-3-6-16-5-1-2-8-19(16)20)17-10-13-24(14-11-17)28(26,27)18-7-4-12-22-15-18/h3-4,6-7,9,12,15,17H,1-2,5,8,10-11,13-14H2,(H,23,25). The number of amides is 1. The number of hydrogen-bond donors (Lipinski definition) is 1. The van der Waals surface area contributed by atoms with Crippen LogP contribution in [0.2, 0.25) is 0 Å². The zero-order valence-electron chi connectivity index (χ0n) is 15.8. The number of nitrogens with zero attached hydrogens (tertiary/aromatic N) is 2. The summed E-state index contributed by atoms with van der Waals surface area (Å²) in [5, 5.41) is 3.11. The molecule has 4 rings (SSSR count). The lowest BCUT2D eigenvalue weighted by Crippen LogP contribution is -2.41. The van der Waals surface area contributed by atoms with Crippen molar-refractivity contribution in [2.75, 3.05) is 18.4 Å². The number of fused-ring (bicyclic) bond motifs is 1. The van der Waals surface area contributed by atoms with Crippen LogP contribution >= 0.6 is 0 Å². The fourth-order valence-corrected chi connectivity index (χ4v) is 5.57.